The summed E-state index contributed by atoms with van der Waals surface area (Å²) in [4.78, 5) is 25.3. The van der Waals surface area contributed by atoms with Gasteiger partial charge < -0.3 is 14.8 Å². The molecule has 3 rings (SSSR count). The van der Waals surface area contributed by atoms with E-state index in [0.29, 0.717) is 14.9 Å². The highest BCUT2D eigenvalue weighted by Crippen LogP contribution is 2.37. The van der Waals surface area contributed by atoms with Crippen LogP contribution in [0.3, 0.4) is 0 Å². The Hall–Kier alpha value is -2.58. The Kier molecular flexibility index (Phi) is 4.16. The van der Waals surface area contributed by atoms with Crippen LogP contribution in [0.2, 0.25) is 0 Å². The molecule has 6 nitrogen and oxygen atoms in total. The molecule has 1 aliphatic rings. The number of carboxylic acid groups (broad SMARTS) is 1. The number of hydrogen-bond acceptors (Lipinski definition) is 5. The van der Waals surface area contributed by atoms with Crippen molar-refractivity contribution in [2.75, 3.05) is 4.90 Å². The van der Waals surface area contributed by atoms with Crippen molar-refractivity contribution in [3.63, 3.8) is 0 Å². The number of aromatic hydroxyl groups is 1. The van der Waals surface area contributed by atoms with Crippen LogP contribution in [0.15, 0.2) is 41.6 Å². The molecule has 122 valence electrons. The van der Waals surface area contributed by atoms with E-state index in [4.69, 9.17) is 17.3 Å². The summed E-state index contributed by atoms with van der Waals surface area (Å²) < 4.78 is 2.19. The average molecular weight is 360 g/mol. The molecule has 2 heterocycles. The molecule has 0 aliphatic carbocycles. The highest BCUT2D eigenvalue weighted by atomic mass is 32.2. The summed E-state index contributed by atoms with van der Waals surface area (Å²) in [7, 11) is 1.88. The molecule has 1 amide bonds. The van der Waals surface area contributed by atoms with Crippen LogP contribution in [0.4, 0.5) is 5.69 Å². The van der Waals surface area contributed by atoms with Gasteiger partial charge in [-0.15, -0.1) is 0 Å². The number of hydrogen-bond donors (Lipinski definition) is 2. The highest BCUT2D eigenvalue weighted by molar-refractivity contribution is 8.27. The number of thioether (sulfide) groups is 1. The van der Waals surface area contributed by atoms with Crippen LogP contribution < -0.4 is 4.90 Å². The zero-order chi connectivity index (χ0) is 17.4. The molecule has 0 unspecified atom stereocenters. The van der Waals surface area contributed by atoms with Gasteiger partial charge in [0.25, 0.3) is 5.91 Å². The van der Waals surface area contributed by atoms with Crippen LogP contribution >= 0.6 is 24.0 Å². The molecule has 8 heteroatoms. The van der Waals surface area contributed by atoms with E-state index in [9.17, 15) is 14.7 Å². The van der Waals surface area contributed by atoms with Gasteiger partial charge in [-0.1, -0.05) is 24.0 Å². The SMILES string of the molecule is Cn1ccc(C=C2SC(=S)N(c3ccc(C(=O)O)c(O)c3)C2=O)c1. The largest absolute Gasteiger partial charge is 0.507 e. The van der Waals surface area contributed by atoms with Gasteiger partial charge in [-0.2, -0.15) is 0 Å². The molecule has 1 saturated heterocycles. The fourth-order valence-corrected chi connectivity index (χ4v) is 3.59. The molecule has 0 atom stereocenters. The smallest absolute Gasteiger partial charge is 0.339 e. The quantitative estimate of drug-likeness (QED) is 0.647. The van der Waals surface area contributed by atoms with Crippen LogP contribution in [0.25, 0.3) is 6.08 Å². The number of nitrogens with zero attached hydrogens (tertiary/aromatic N) is 2. The second-order valence-corrected chi connectivity index (χ2v) is 6.81. The van der Waals surface area contributed by atoms with Crippen molar-refractivity contribution in [2.45, 2.75) is 0 Å². The van der Waals surface area contributed by atoms with Crippen LogP contribution in [0.1, 0.15) is 15.9 Å². The number of aromatic carboxylic acids is 1. The molecule has 2 N–H and O–H groups in total. The lowest BCUT2D eigenvalue weighted by Gasteiger charge is -2.15. The maximum atomic E-state index is 12.6. The monoisotopic (exact) mass is 360 g/mol. The molecule has 1 fully saturated rings. The minimum atomic E-state index is -1.24. The molecule has 1 aromatic heterocycles. The van der Waals surface area contributed by atoms with E-state index in [1.54, 1.807) is 6.08 Å². The van der Waals surface area contributed by atoms with E-state index >= 15 is 0 Å². The Labute approximate surface area is 147 Å². The van der Waals surface area contributed by atoms with Gasteiger partial charge in [0.1, 0.15) is 11.3 Å². The van der Waals surface area contributed by atoms with Gasteiger partial charge >= 0.3 is 5.97 Å². The van der Waals surface area contributed by atoms with Crippen molar-refractivity contribution in [1.82, 2.24) is 4.57 Å². The van der Waals surface area contributed by atoms with E-state index in [1.165, 1.54) is 23.1 Å². The average Bonchev–Trinajstić information content (AvgIpc) is 3.02. The second-order valence-electron chi connectivity index (χ2n) is 5.13. The van der Waals surface area contributed by atoms with Crippen molar-refractivity contribution in [1.29, 1.82) is 0 Å². The van der Waals surface area contributed by atoms with Crippen molar-refractivity contribution in [3.05, 3.63) is 52.7 Å². The van der Waals surface area contributed by atoms with Crippen LogP contribution in [0, 0.1) is 0 Å². The van der Waals surface area contributed by atoms with Gasteiger partial charge in [-0.3, -0.25) is 9.69 Å². The lowest BCUT2D eigenvalue weighted by Crippen LogP contribution is -2.27. The Balaban J connectivity index is 1.94. The first kappa shape index (κ1) is 16.3. The first-order valence-electron chi connectivity index (χ1n) is 6.83. The lowest BCUT2D eigenvalue weighted by molar-refractivity contribution is -0.113. The number of benzene rings is 1. The summed E-state index contributed by atoms with van der Waals surface area (Å²) in [6.07, 6.45) is 5.49. The first-order valence-corrected chi connectivity index (χ1v) is 8.05. The van der Waals surface area contributed by atoms with E-state index in [2.05, 4.69) is 0 Å². The standard InChI is InChI=1S/C16H12N2O4S2/c1-17-5-4-9(8-17)6-13-14(20)18(16(23)24-13)10-2-3-11(15(21)22)12(19)7-10/h2-8,19H,1H3,(H,21,22). The van der Waals surface area contributed by atoms with Crippen molar-refractivity contribution in [3.8, 4) is 5.75 Å². The number of thiocarbonyl (C=S) groups is 1. The molecule has 0 bridgehead atoms. The van der Waals surface area contributed by atoms with Gasteiger partial charge in [0.2, 0.25) is 0 Å². The second kappa shape index (κ2) is 6.14. The third-order valence-corrected chi connectivity index (χ3v) is 4.72. The number of rotatable bonds is 3. The fourth-order valence-electron chi connectivity index (χ4n) is 2.29. The number of anilines is 1. The Morgan fingerprint density at radius 1 is 1.33 bits per heavy atom. The molecule has 0 radical (unpaired) electrons. The maximum Gasteiger partial charge on any atom is 0.339 e. The number of carbonyl (C=O) groups is 2. The fraction of sp³-hybridized carbons (Fsp3) is 0.0625. The summed E-state index contributed by atoms with van der Waals surface area (Å²) >= 11 is 6.41. The number of carbonyl (C=O) groups excluding carboxylic acids is 1. The molecular weight excluding hydrogens is 348 g/mol. The minimum absolute atomic E-state index is 0.232. The molecule has 24 heavy (non-hydrogen) atoms. The zero-order valence-electron chi connectivity index (χ0n) is 12.5. The van der Waals surface area contributed by atoms with Gasteiger partial charge in [0.05, 0.1) is 10.6 Å². The normalized spacial score (nSPS) is 16.2. The Morgan fingerprint density at radius 3 is 2.67 bits per heavy atom. The van der Waals surface area contributed by atoms with E-state index < -0.39 is 11.7 Å². The molecule has 0 spiro atoms. The molecule has 2 aromatic rings. The minimum Gasteiger partial charge on any atom is -0.507 e. The van der Waals surface area contributed by atoms with Gasteiger partial charge in [-0.25, -0.2) is 4.79 Å². The molecular formula is C16H12N2O4S2. The Bertz CT molecular complexity index is 901. The summed E-state index contributed by atoms with van der Waals surface area (Å²) in [5, 5.41) is 18.8. The molecule has 0 saturated carbocycles. The predicted molar refractivity (Wildman–Crippen MR) is 96.1 cm³/mol. The third-order valence-electron chi connectivity index (χ3n) is 3.42. The number of phenols is 1. The number of amides is 1. The van der Waals surface area contributed by atoms with E-state index in [-0.39, 0.29) is 11.5 Å². The van der Waals surface area contributed by atoms with Gasteiger partial charge in [-0.05, 0) is 29.8 Å². The van der Waals surface area contributed by atoms with Crippen molar-refractivity contribution < 1.29 is 19.8 Å². The lowest BCUT2D eigenvalue weighted by atomic mass is 10.1. The van der Waals surface area contributed by atoms with Gasteiger partial charge in [0.15, 0.2) is 4.32 Å². The number of aromatic nitrogens is 1. The van der Waals surface area contributed by atoms with Gasteiger partial charge in [0, 0.05) is 25.5 Å². The van der Waals surface area contributed by atoms with Crippen LogP contribution in [0.5, 0.6) is 5.75 Å². The predicted octanol–water partition coefficient (Wildman–Crippen LogP) is 2.83. The summed E-state index contributed by atoms with van der Waals surface area (Å²) in [6.45, 7) is 0. The Morgan fingerprint density at radius 2 is 2.08 bits per heavy atom. The zero-order valence-corrected chi connectivity index (χ0v) is 14.1. The van der Waals surface area contributed by atoms with Crippen LogP contribution in [-0.4, -0.2) is 31.0 Å². The number of carboxylic acids is 1. The topological polar surface area (TPSA) is 82.8 Å². The first-order chi connectivity index (χ1) is 11.4. The highest BCUT2D eigenvalue weighted by Gasteiger charge is 2.33. The molecule has 1 aromatic carbocycles. The maximum absolute atomic E-state index is 12.6. The summed E-state index contributed by atoms with van der Waals surface area (Å²) in [6, 6.07) is 5.78. The summed E-state index contributed by atoms with van der Waals surface area (Å²) in [5.74, 6) is -1.97. The molecule has 1 aliphatic heterocycles. The number of aryl methyl sites for hydroxylation is 1. The van der Waals surface area contributed by atoms with Crippen molar-refractivity contribution in [2.24, 2.45) is 7.05 Å². The van der Waals surface area contributed by atoms with Crippen LogP contribution in [-0.2, 0) is 11.8 Å². The third kappa shape index (κ3) is 2.93. The summed E-state index contributed by atoms with van der Waals surface area (Å²) in [5.41, 5.74) is 0.975. The van der Waals surface area contributed by atoms with Crippen molar-refractivity contribution >= 4 is 51.9 Å². The van der Waals surface area contributed by atoms with E-state index in [0.717, 1.165) is 17.3 Å². The van der Waals surface area contributed by atoms with E-state index in [1.807, 2.05) is 30.1 Å².